The van der Waals surface area contributed by atoms with Gasteiger partial charge in [0.05, 0.1) is 11.9 Å². The Balaban J connectivity index is 2.26. The van der Waals surface area contributed by atoms with E-state index in [0.29, 0.717) is 6.04 Å². The fourth-order valence-corrected chi connectivity index (χ4v) is 3.33. The molecule has 0 amide bonds. The Labute approximate surface area is 110 Å². The van der Waals surface area contributed by atoms with Crippen molar-refractivity contribution in [3.63, 3.8) is 0 Å². The normalized spacial score (nSPS) is 13.6. The molecule has 0 unspecified atom stereocenters. The number of fused-ring (bicyclic) bond motifs is 3. The predicted molar refractivity (Wildman–Crippen MR) is 72.6 cm³/mol. The zero-order valence-electron chi connectivity index (χ0n) is 9.77. The van der Waals surface area contributed by atoms with Gasteiger partial charge in [-0.2, -0.15) is 5.10 Å². The van der Waals surface area contributed by atoms with Crippen molar-refractivity contribution in [1.29, 1.82) is 0 Å². The molecule has 88 valence electrons. The highest BCUT2D eigenvalue weighted by Crippen LogP contribution is 2.43. The molecule has 2 nitrogen and oxygen atoms in total. The van der Waals surface area contributed by atoms with Gasteiger partial charge >= 0.3 is 0 Å². The van der Waals surface area contributed by atoms with Crippen molar-refractivity contribution in [2.75, 3.05) is 0 Å². The molecule has 2 aromatic rings. The summed E-state index contributed by atoms with van der Waals surface area (Å²) in [5.74, 6) is 0.997. The molecule has 0 saturated heterocycles. The summed E-state index contributed by atoms with van der Waals surface area (Å²) < 4.78 is 2.09. The number of hydrogen-bond acceptors (Lipinski definition) is 2. The number of benzene rings is 1. The van der Waals surface area contributed by atoms with Crippen molar-refractivity contribution in [1.82, 2.24) is 9.78 Å². The van der Waals surface area contributed by atoms with E-state index in [9.17, 15) is 0 Å². The van der Waals surface area contributed by atoms with Crippen LogP contribution in [0.3, 0.4) is 0 Å². The minimum atomic E-state index is 0.369. The highest BCUT2D eigenvalue weighted by Gasteiger charge is 2.22. The van der Waals surface area contributed by atoms with E-state index in [1.165, 1.54) is 21.7 Å². The molecule has 0 fully saturated rings. The lowest BCUT2D eigenvalue weighted by Gasteiger charge is -2.19. The van der Waals surface area contributed by atoms with Crippen LogP contribution in [0.1, 0.15) is 25.5 Å². The number of aromatic nitrogens is 2. The second kappa shape index (κ2) is 4.07. The monoisotopic (exact) mass is 264 g/mol. The van der Waals surface area contributed by atoms with E-state index in [0.717, 1.165) is 10.8 Å². The van der Waals surface area contributed by atoms with E-state index in [1.807, 2.05) is 30.1 Å². The molecule has 1 aromatic carbocycles. The Morgan fingerprint density at radius 3 is 3.00 bits per heavy atom. The third-order valence-electron chi connectivity index (χ3n) is 2.94. The third kappa shape index (κ3) is 1.78. The first-order chi connectivity index (χ1) is 8.16. The molecule has 17 heavy (non-hydrogen) atoms. The van der Waals surface area contributed by atoms with Crippen LogP contribution in [0, 0.1) is 0 Å². The van der Waals surface area contributed by atoms with Crippen LogP contribution < -0.4 is 0 Å². The Bertz CT molecular complexity index is 575. The molecule has 0 radical (unpaired) electrons. The quantitative estimate of drug-likeness (QED) is 0.760. The van der Waals surface area contributed by atoms with Gasteiger partial charge in [0, 0.05) is 32.8 Å². The summed E-state index contributed by atoms with van der Waals surface area (Å²) in [4.78, 5) is 1.30. The summed E-state index contributed by atoms with van der Waals surface area (Å²) in [5.41, 5.74) is 3.75. The van der Waals surface area contributed by atoms with Gasteiger partial charge in [0.25, 0.3) is 0 Å². The average Bonchev–Trinajstić information content (AvgIpc) is 2.73. The van der Waals surface area contributed by atoms with Crippen LogP contribution in [0.4, 0.5) is 0 Å². The summed E-state index contributed by atoms with van der Waals surface area (Å²) in [5, 5.41) is 5.27. The van der Waals surface area contributed by atoms with Crippen molar-refractivity contribution < 1.29 is 0 Å². The molecule has 3 rings (SSSR count). The Morgan fingerprint density at radius 2 is 2.24 bits per heavy atom. The van der Waals surface area contributed by atoms with Gasteiger partial charge < -0.3 is 0 Å². The largest absolute Gasteiger partial charge is 0.262 e. The highest BCUT2D eigenvalue weighted by atomic mass is 35.5. The minimum Gasteiger partial charge on any atom is -0.262 e. The van der Waals surface area contributed by atoms with Crippen LogP contribution in [0.15, 0.2) is 29.3 Å². The maximum Gasteiger partial charge on any atom is 0.0737 e. The van der Waals surface area contributed by atoms with Crippen LogP contribution in [0.5, 0.6) is 0 Å². The van der Waals surface area contributed by atoms with Crippen LogP contribution >= 0.6 is 23.4 Å². The summed E-state index contributed by atoms with van der Waals surface area (Å²) >= 11 is 7.96. The number of nitrogens with zero attached hydrogens (tertiary/aromatic N) is 2. The summed E-state index contributed by atoms with van der Waals surface area (Å²) in [6, 6.07) is 6.47. The van der Waals surface area contributed by atoms with E-state index < -0.39 is 0 Å². The standard InChI is InChI=1S/C13H13ClN2S/c1-8(2)16-13-9(6-15-16)7-17-12-4-3-10(14)5-11(12)13/h3-6,8H,7H2,1-2H3. The first-order valence-corrected chi connectivity index (χ1v) is 7.02. The lowest BCUT2D eigenvalue weighted by Crippen LogP contribution is -2.07. The molecule has 0 aliphatic carbocycles. The van der Waals surface area contributed by atoms with Gasteiger partial charge in [0.2, 0.25) is 0 Å². The fraction of sp³-hybridized carbons (Fsp3) is 0.308. The molecule has 0 saturated carbocycles. The van der Waals surface area contributed by atoms with Gasteiger partial charge in [-0.15, -0.1) is 11.8 Å². The first-order valence-electron chi connectivity index (χ1n) is 5.66. The lowest BCUT2D eigenvalue weighted by atomic mass is 10.1. The number of rotatable bonds is 1. The van der Waals surface area contributed by atoms with Gasteiger partial charge in [0.15, 0.2) is 0 Å². The molecular weight excluding hydrogens is 252 g/mol. The zero-order valence-corrected chi connectivity index (χ0v) is 11.3. The van der Waals surface area contributed by atoms with E-state index in [1.54, 1.807) is 0 Å². The summed E-state index contributed by atoms with van der Waals surface area (Å²) in [6.45, 7) is 4.30. The molecule has 2 heterocycles. The number of hydrogen-bond donors (Lipinski definition) is 0. The SMILES string of the molecule is CC(C)n1ncc2c1-c1cc(Cl)ccc1SC2. The topological polar surface area (TPSA) is 17.8 Å². The molecule has 1 aliphatic heterocycles. The van der Waals surface area contributed by atoms with Gasteiger partial charge in [0.1, 0.15) is 0 Å². The van der Waals surface area contributed by atoms with Crippen molar-refractivity contribution >= 4 is 23.4 Å². The Kier molecular flexibility index (Phi) is 2.68. The van der Waals surface area contributed by atoms with Crippen LogP contribution in [-0.2, 0) is 5.75 Å². The van der Waals surface area contributed by atoms with Gasteiger partial charge in [-0.1, -0.05) is 11.6 Å². The van der Waals surface area contributed by atoms with Crippen LogP contribution in [0.2, 0.25) is 5.02 Å². The van der Waals surface area contributed by atoms with Crippen LogP contribution in [0.25, 0.3) is 11.3 Å². The van der Waals surface area contributed by atoms with Crippen molar-refractivity contribution in [2.24, 2.45) is 0 Å². The van der Waals surface area contributed by atoms with E-state index in [4.69, 9.17) is 11.6 Å². The maximum absolute atomic E-state index is 6.10. The summed E-state index contributed by atoms with van der Waals surface area (Å²) in [7, 11) is 0. The molecule has 0 N–H and O–H groups in total. The molecule has 0 spiro atoms. The van der Waals surface area contributed by atoms with E-state index in [-0.39, 0.29) is 0 Å². The zero-order chi connectivity index (χ0) is 12.0. The third-order valence-corrected chi connectivity index (χ3v) is 4.30. The molecule has 1 aliphatic rings. The van der Waals surface area contributed by atoms with Gasteiger partial charge in [-0.3, -0.25) is 4.68 Å². The van der Waals surface area contributed by atoms with Gasteiger partial charge in [-0.05, 0) is 32.0 Å². The lowest BCUT2D eigenvalue weighted by molar-refractivity contribution is 0.538. The molecule has 1 aromatic heterocycles. The van der Waals surface area contributed by atoms with E-state index in [2.05, 4.69) is 29.7 Å². The molecular formula is C13H13ClN2S. The number of thioether (sulfide) groups is 1. The van der Waals surface area contributed by atoms with Crippen molar-refractivity contribution in [3.05, 3.63) is 35.0 Å². The maximum atomic E-state index is 6.10. The van der Waals surface area contributed by atoms with E-state index >= 15 is 0 Å². The Hall–Kier alpha value is -0.930. The van der Waals surface area contributed by atoms with Gasteiger partial charge in [-0.25, -0.2) is 0 Å². The Morgan fingerprint density at radius 1 is 1.41 bits per heavy atom. The van der Waals surface area contributed by atoms with Crippen LogP contribution in [-0.4, -0.2) is 9.78 Å². The highest BCUT2D eigenvalue weighted by molar-refractivity contribution is 7.98. The molecule has 4 heteroatoms. The second-order valence-corrected chi connectivity index (χ2v) is 5.94. The summed E-state index contributed by atoms with van der Waals surface area (Å²) in [6.07, 6.45) is 1.98. The van der Waals surface area contributed by atoms with Crippen molar-refractivity contribution in [3.8, 4) is 11.3 Å². The fourth-order valence-electron chi connectivity index (χ4n) is 2.16. The molecule has 0 bridgehead atoms. The molecule has 0 atom stereocenters. The average molecular weight is 265 g/mol. The second-order valence-electron chi connectivity index (χ2n) is 4.49. The predicted octanol–water partition coefficient (Wildman–Crippen LogP) is 4.39. The minimum absolute atomic E-state index is 0.369. The van der Waals surface area contributed by atoms with Crippen molar-refractivity contribution in [2.45, 2.75) is 30.5 Å². The smallest absolute Gasteiger partial charge is 0.0737 e. The number of halogens is 1. The first kappa shape index (κ1) is 11.2.